The molecule has 6 rings (SSSR count). The number of H-pyrrole nitrogens is 1. The summed E-state index contributed by atoms with van der Waals surface area (Å²) in [4.78, 5) is 71.8. The van der Waals surface area contributed by atoms with E-state index in [1.165, 1.54) is 14.2 Å². The summed E-state index contributed by atoms with van der Waals surface area (Å²) in [5.41, 5.74) is 2.56. The zero-order chi connectivity index (χ0) is 33.2. The molecule has 0 radical (unpaired) electrons. The maximum Gasteiger partial charge on any atom is 0.254 e. The number of hydrogen-bond donors (Lipinski definition) is 4. The molecule has 1 saturated carbocycles. The van der Waals surface area contributed by atoms with Crippen LogP contribution in [-0.4, -0.2) is 91.2 Å². The van der Waals surface area contributed by atoms with Gasteiger partial charge in [0.25, 0.3) is 5.91 Å². The van der Waals surface area contributed by atoms with E-state index in [-0.39, 0.29) is 60.9 Å². The van der Waals surface area contributed by atoms with Crippen molar-refractivity contribution in [1.82, 2.24) is 25.4 Å². The number of benzene rings is 2. The molecule has 1 aliphatic carbocycles. The number of aromatic nitrogens is 1. The van der Waals surface area contributed by atoms with Crippen LogP contribution in [0.15, 0.2) is 42.6 Å². The lowest BCUT2D eigenvalue weighted by atomic mass is 9.79. The van der Waals surface area contributed by atoms with E-state index in [0.29, 0.717) is 54.0 Å². The first-order chi connectivity index (χ1) is 22.6. The number of carbonyl (C=O) groups excluding carboxylic acids is 5. The predicted molar refractivity (Wildman–Crippen MR) is 176 cm³/mol. The summed E-state index contributed by atoms with van der Waals surface area (Å²) in [6.07, 6.45) is 4.54. The van der Waals surface area contributed by atoms with Gasteiger partial charge in [0, 0.05) is 67.3 Å². The van der Waals surface area contributed by atoms with E-state index in [4.69, 9.17) is 16.3 Å². The number of fused-ring (bicyclic) bond motifs is 2. The number of nitrogens with one attached hydrogen (secondary N) is 4. The quantitative estimate of drug-likeness (QED) is 0.262. The number of amides is 5. The van der Waals surface area contributed by atoms with E-state index in [1.807, 2.05) is 12.1 Å². The van der Waals surface area contributed by atoms with Crippen LogP contribution in [0.4, 0.5) is 5.69 Å². The first-order valence-electron chi connectivity index (χ1n) is 15.9. The van der Waals surface area contributed by atoms with Gasteiger partial charge in [-0.15, -0.1) is 0 Å². The zero-order valence-corrected chi connectivity index (χ0v) is 27.2. The Morgan fingerprint density at radius 3 is 2.51 bits per heavy atom. The van der Waals surface area contributed by atoms with E-state index >= 15 is 0 Å². The molecule has 3 unspecified atom stereocenters. The number of aromatic amines is 1. The molecule has 2 aliphatic heterocycles. The maximum absolute atomic E-state index is 13.8. The molecule has 47 heavy (non-hydrogen) atoms. The van der Waals surface area contributed by atoms with Crippen LogP contribution >= 0.6 is 11.6 Å². The van der Waals surface area contributed by atoms with Gasteiger partial charge in [0.2, 0.25) is 23.6 Å². The largest absolute Gasteiger partial charge is 0.495 e. The number of rotatable bonds is 10. The second kappa shape index (κ2) is 13.6. The van der Waals surface area contributed by atoms with Crippen LogP contribution < -0.4 is 20.7 Å². The number of anilines is 1. The van der Waals surface area contributed by atoms with Crippen molar-refractivity contribution >= 4 is 57.7 Å². The Morgan fingerprint density at radius 2 is 1.77 bits per heavy atom. The molecule has 13 heteroatoms. The number of methoxy groups -OCH3 is 1. The molecule has 248 valence electrons. The highest BCUT2D eigenvalue weighted by molar-refractivity contribution is 6.31. The molecule has 3 heterocycles. The number of nitrogens with zero attached hydrogens (tertiary/aromatic N) is 2. The molecule has 3 aliphatic rings. The molecule has 3 aromatic rings. The Bertz CT molecular complexity index is 1720. The fourth-order valence-electron chi connectivity index (χ4n) is 6.78. The van der Waals surface area contributed by atoms with Gasteiger partial charge in [-0.05, 0) is 66.5 Å². The lowest BCUT2D eigenvalue weighted by Gasteiger charge is -2.39. The third kappa shape index (κ3) is 7.22. The lowest BCUT2D eigenvalue weighted by Crippen LogP contribution is -2.54. The van der Waals surface area contributed by atoms with Crippen LogP contribution in [0.5, 0.6) is 5.75 Å². The van der Waals surface area contributed by atoms with Gasteiger partial charge in [0.1, 0.15) is 5.75 Å². The van der Waals surface area contributed by atoms with Crippen molar-refractivity contribution in [3.63, 3.8) is 0 Å². The Balaban J connectivity index is 1.18. The second-order valence-corrected chi connectivity index (χ2v) is 13.2. The van der Waals surface area contributed by atoms with Crippen LogP contribution in [-0.2, 0) is 25.6 Å². The number of likely N-dealkylation sites (N-methyl/N-ethyl adjacent to an activating group) is 1. The molecule has 3 atom stereocenters. The van der Waals surface area contributed by atoms with Crippen molar-refractivity contribution < 1.29 is 28.7 Å². The average molecular weight is 663 g/mol. The van der Waals surface area contributed by atoms with Crippen molar-refractivity contribution in [2.24, 2.45) is 23.7 Å². The predicted octanol–water partition coefficient (Wildman–Crippen LogP) is 2.82. The SMILES string of the molecule is CNC(=O)CNC(=O)C1CN(C(=O)Cc2c[nH]c3cc(Cl)ccc23)CC2CN(C(=O)c3ccc(NC(=O)CC4CC4)c(OC)c3)CC21. The molecule has 5 amide bonds. The number of hydrogen-bond acceptors (Lipinski definition) is 6. The summed E-state index contributed by atoms with van der Waals surface area (Å²) in [5.74, 6) is -1.22. The van der Waals surface area contributed by atoms with Gasteiger partial charge in [0.15, 0.2) is 0 Å². The molecule has 2 aromatic carbocycles. The molecule has 0 spiro atoms. The van der Waals surface area contributed by atoms with E-state index in [1.54, 1.807) is 40.3 Å². The summed E-state index contributed by atoms with van der Waals surface area (Å²) in [5, 5.41) is 9.60. The van der Waals surface area contributed by atoms with Crippen molar-refractivity contribution in [3.8, 4) is 5.75 Å². The third-order valence-electron chi connectivity index (χ3n) is 9.52. The maximum atomic E-state index is 13.8. The molecule has 4 N–H and O–H groups in total. The lowest BCUT2D eigenvalue weighted by molar-refractivity contribution is -0.139. The first-order valence-corrected chi connectivity index (χ1v) is 16.3. The minimum absolute atomic E-state index is 0.0811. The van der Waals surface area contributed by atoms with E-state index in [9.17, 15) is 24.0 Å². The third-order valence-corrected chi connectivity index (χ3v) is 9.76. The molecule has 1 aromatic heterocycles. The van der Waals surface area contributed by atoms with Crippen LogP contribution in [0.2, 0.25) is 5.02 Å². The molecule has 3 fully saturated rings. The van der Waals surface area contributed by atoms with Crippen LogP contribution in [0.3, 0.4) is 0 Å². The van der Waals surface area contributed by atoms with Gasteiger partial charge in [-0.2, -0.15) is 0 Å². The summed E-state index contributed by atoms with van der Waals surface area (Å²) in [6, 6.07) is 10.4. The van der Waals surface area contributed by atoms with Crippen LogP contribution in [0.25, 0.3) is 10.9 Å². The van der Waals surface area contributed by atoms with Crippen molar-refractivity contribution in [2.75, 3.05) is 52.2 Å². The van der Waals surface area contributed by atoms with Gasteiger partial charge < -0.3 is 35.5 Å². The van der Waals surface area contributed by atoms with Gasteiger partial charge in [-0.1, -0.05) is 17.7 Å². The Hall–Kier alpha value is -4.58. The van der Waals surface area contributed by atoms with Crippen LogP contribution in [0, 0.1) is 23.7 Å². The van der Waals surface area contributed by atoms with E-state index < -0.39 is 5.92 Å². The molecule has 12 nitrogen and oxygen atoms in total. The van der Waals surface area contributed by atoms with Gasteiger partial charge in [-0.3, -0.25) is 24.0 Å². The van der Waals surface area contributed by atoms with E-state index in [0.717, 1.165) is 29.3 Å². The number of likely N-dealkylation sites (tertiary alicyclic amines) is 2. The van der Waals surface area contributed by atoms with Crippen molar-refractivity contribution in [3.05, 3.63) is 58.7 Å². The Morgan fingerprint density at radius 1 is 0.979 bits per heavy atom. The normalized spacial score (nSPS) is 20.4. The summed E-state index contributed by atoms with van der Waals surface area (Å²) in [7, 11) is 2.98. The summed E-state index contributed by atoms with van der Waals surface area (Å²) < 4.78 is 5.51. The monoisotopic (exact) mass is 662 g/mol. The zero-order valence-electron chi connectivity index (χ0n) is 26.4. The number of ether oxygens (including phenoxy) is 1. The second-order valence-electron chi connectivity index (χ2n) is 12.7. The Labute approximate surface area is 277 Å². The average Bonchev–Trinajstić information content (AvgIpc) is 3.63. The summed E-state index contributed by atoms with van der Waals surface area (Å²) >= 11 is 6.13. The van der Waals surface area contributed by atoms with Crippen molar-refractivity contribution in [2.45, 2.75) is 25.7 Å². The molecular weight excluding hydrogens is 624 g/mol. The minimum Gasteiger partial charge on any atom is -0.495 e. The standard InChI is InChI=1S/C34H39ClN6O6/c1-36-31(43)14-38-33(45)26-18-40(32(44)11-21-13-37-28-12-23(35)6-7-24(21)28)15-22-16-41(17-25(22)26)34(46)20-5-8-27(29(10-20)47-2)39-30(42)9-19-3-4-19/h5-8,10,12-13,19,22,25-26,37H,3-4,9,11,14-18H2,1-2H3,(H,36,43)(H,38,45)(H,39,42). The highest BCUT2D eigenvalue weighted by Gasteiger charge is 2.48. The summed E-state index contributed by atoms with van der Waals surface area (Å²) in [6.45, 7) is 1.09. The molecule has 2 saturated heterocycles. The minimum atomic E-state index is -0.611. The van der Waals surface area contributed by atoms with Crippen LogP contribution in [0.1, 0.15) is 35.2 Å². The Kier molecular flexibility index (Phi) is 9.40. The van der Waals surface area contributed by atoms with Crippen molar-refractivity contribution in [1.29, 1.82) is 0 Å². The number of halogens is 1. The molecular formula is C34H39ClN6O6. The number of piperidine rings is 1. The van der Waals surface area contributed by atoms with Gasteiger partial charge in [-0.25, -0.2) is 0 Å². The first kappa shape index (κ1) is 32.4. The fourth-order valence-corrected chi connectivity index (χ4v) is 6.96. The molecule has 0 bridgehead atoms. The number of carbonyl (C=O) groups is 5. The smallest absolute Gasteiger partial charge is 0.254 e. The highest BCUT2D eigenvalue weighted by Crippen LogP contribution is 2.38. The van der Waals surface area contributed by atoms with Gasteiger partial charge >= 0.3 is 0 Å². The topological polar surface area (TPSA) is 153 Å². The highest BCUT2D eigenvalue weighted by atomic mass is 35.5. The van der Waals surface area contributed by atoms with Gasteiger partial charge in [0.05, 0.1) is 31.7 Å². The van der Waals surface area contributed by atoms with E-state index in [2.05, 4.69) is 20.9 Å². The fraction of sp³-hybridized carbons (Fsp3) is 0.441.